The van der Waals surface area contributed by atoms with Gasteiger partial charge in [-0.05, 0) is 32.9 Å². The van der Waals surface area contributed by atoms with Crippen molar-refractivity contribution >= 4 is 5.82 Å². The molecule has 5 nitrogen and oxygen atoms in total. The maximum atomic E-state index is 9.45. The highest BCUT2D eigenvalue weighted by Crippen LogP contribution is 2.26. The molecule has 5 heteroatoms. The molecule has 1 saturated heterocycles. The first kappa shape index (κ1) is 16.2. The molecule has 2 rings (SSSR count). The van der Waals surface area contributed by atoms with Crippen molar-refractivity contribution in [3.63, 3.8) is 0 Å². The standard InChI is InChI=1S/C16H27N3O2/c1-4-7-17-9-13-6-5-8-18-15(13)19-10-14(11-20)21-16(2,3)12-19/h5-6,8,14,17,20H,4,7,9-12H2,1-3H3. The highest BCUT2D eigenvalue weighted by atomic mass is 16.5. The molecule has 0 bridgehead atoms. The number of pyridine rings is 1. The number of rotatable bonds is 6. The number of hydrogen-bond acceptors (Lipinski definition) is 5. The molecule has 0 spiro atoms. The van der Waals surface area contributed by atoms with Crippen LogP contribution < -0.4 is 10.2 Å². The molecule has 2 heterocycles. The molecule has 0 amide bonds. The van der Waals surface area contributed by atoms with E-state index >= 15 is 0 Å². The molecule has 1 aromatic heterocycles. The van der Waals surface area contributed by atoms with Crippen molar-refractivity contribution in [1.82, 2.24) is 10.3 Å². The zero-order chi connectivity index (χ0) is 15.3. The zero-order valence-corrected chi connectivity index (χ0v) is 13.3. The summed E-state index contributed by atoms with van der Waals surface area (Å²) in [4.78, 5) is 6.79. The fourth-order valence-corrected chi connectivity index (χ4v) is 2.80. The fraction of sp³-hybridized carbons (Fsp3) is 0.688. The summed E-state index contributed by atoms with van der Waals surface area (Å²) in [7, 11) is 0. The number of nitrogens with zero attached hydrogens (tertiary/aromatic N) is 2. The number of morpholine rings is 1. The highest BCUT2D eigenvalue weighted by molar-refractivity contribution is 5.47. The normalized spacial score (nSPS) is 21.5. The van der Waals surface area contributed by atoms with Crippen LogP contribution in [0, 0.1) is 0 Å². The molecule has 0 aromatic carbocycles. The van der Waals surface area contributed by atoms with Gasteiger partial charge in [-0.15, -0.1) is 0 Å². The Morgan fingerprint density at radius 1 is 1.52 bits per heavy atom. The van der Waals surface area contributed by atoms with Gasteiger partial charge in [-0.3, -0.25) is 0 Å². The van der Waals surface area contributed by atoms with E-state index in [1.54, 1.807) is 0 Å². The van der Waals surface area contributed by atoms with Crippen molar-refractivity contribution in [1.29, 1.82) is 0 Å². The maximum Gasteiger partial charge on any atom is 0.133 e. The summed E-state index contributed by atoms with van der Waals surface area (Å²) >= 11 is 0. The molecule has 21 heavy (non-hydrogen) atoms. The summed E-state index contributed by atoms with van der Waals surface area (Å²) in [6.07, 6.45) is 2.79. The van der Waals surface area contributed by atoms with Gasteiger partial charge in [0.1, 0.15) is 5.82 Å². The van der Waals surface area contributed by atoms with Gasteiger partial charge < -0.3 is 20.1 Å². The number of aliphatic hydroxyl groups is 1. The van der Waals surface area contributed by atoms with Crippen LogP contribution in [0.5, 0.6) is 0 Å². The summed E-state index contributed by atoms with van der Waals surface area (Å²) in [5, 5.41) is 12.9. The third-order valence-corrected chi connectivity index (χ3v) is 3.59. The van der Waals surface area contributed by atoms with Crippen LogP contribution in [0.3, 0.4) is 0 Å². The Morgan fingerprint density at radius 2 is 2.33 bits per heavy atom. The number of ether oxygens (including phenoxy) is 1. The van der Waals surface area contributed by atoms with Gasteiger partial charge in [-0.25, -0.2) is 4.98 Å². The minimum Gasteiger partial charge on any atom is -0.394 e. The molecule has 0 radical (unpaired) electrons. The lowest BCUT2D eigenvalue weighted by atomic mass is 10.0. The molecule has 0 aliphatic carbocycles. The van der Waals surface area contributed by atoms with Crippen LogP contribution in [0.4, 0.5) is 5.82 Å². The van der Waals surface area contributed by atoms with Crippen molar-refractivity contribution in [2.24, 2.45) is 0 Å². The van der Waals surface area contributed by atoms with Crippen molar-refractivity contribution in [2.75, 3.05) is 31.1 Å². The molecule has 118 valence electrons. The number of hydrogen-bond donors (Lipinski definition) is 2. The summed E-state index contributed by atoms with van der Waals surface area (Å²) in [5.74, 6) is 0.996. The van der Waals surface area contributed by atoms with E-state index in [0.29, 0.717) is 6.54 Å². The smallest absolute Gasteiger partial charge is 0.133 e. The predicted octanol–water partition coefficient (Wildman–Crippen LogP) is 1.56. The van der Waals surface area contributed by atoms with Gasteiger partial charge in [0.25, 0.3) is 0 Å². The first-order chi connectivity index (χ1) is 10.1. The lowest BCUT2D eigenvalue weighted by molar-refractivity contribution is -0.101. The van der Waals surface area contributed by atoms with E-state index in [4.69, 9.17) is 4.74 Å². The SMILES string of the molecule is CCCNCc1cccnc1N1CC(CO)OC(C)(C)C1. The second-order valence-electron chi connectivity index (χ2n) is 6.23. The van der Waals surface area contributed by atoms with Gasteiger partial charge in [0.05, 0.1) is 18.3 Å². The molecule has 1 atom stereocenters. The average Bonchev–Trinajstić information content (AvgIpc) is 2.46. The third-order valence-electron chi connectivity index (χ3n) is 3.59. The predicted molar refractivity (Wildman–Crippen MR) is 84.5 cm³/mol. The van der Waals surface area contributed by atoms with Gasteiger partial charge in [0, 0.05) is 31.4 Å². The van der Waals surface area contributed by atoms with Gasteiger partial charge in [-0.2, -0.15) is 0 Å². The Bertz CT molecular complexity index is 451. The van der Waals surface area contributed by atoms with Crippen molar-refractivity contribution in [3.8, 4) is 0 Å². The van der Waals surface area contributed by atoms with Crippen LogP contribution in [-0.2, 0) is 11.3 Å². The van der Waals surface area contributed by atoms with Crippen molar-refractivity contribution in [3.05, 3.63) is 23.9 Å². The number of anilines is 1. The summed E-state index contributed by atoms with van der Waals surface area (Å²) in [5.41, 5.74) is 0.914. The van der Waals surface area contributed by atoms with Crippen LogP contribution in [0.25, 0.3) is 0 Å². The van der Waals surface area contributed by atoms with E-state index < -0.39 is 0 Å². The molecule has 1 unspecified atom stereocenters. The molecule has 1 aliphatic rings. The summed E-state index contributed by atoms with van der Waals surface area (Å²) in [6, 6.07) is 4.09. The van der Waals surface area contributed by atoms with Gasteiger partial charge in [0.2, 0.25) is 0 Å². The molecule has 0 saturated carbocycles. The van der Waals surface area contributed by atoms with E-state index in [1.807, 2.05) is 12.3 Å². The van der Waals surface area contributed by atoms with Gasteiger partial charge in [-0.1, -0.05) is 13.0 Å². The van der Waals surface area contributed by atoms with Crippen LogP contribution in [0.15, 0.2) is 18.3 Å². The van der Waals surface area contributed by atoms with Crippen molar-refractivity contribution < 1.29 is 9.84 Å². The minimum atomic E-state index is -0.280. The fourth-order valence-electron chi connectivity index (χ4n) is 2.80. The Hall–Kier alpha value is -1.17. The Morgan fingerprint density at radius 3 is 3.05 bits per heavy atom. The first-order valence-corrected chi connectivity index (χ1v) is 7.74. The van der Waals surface area contributed by atoms with Gasteiger partial charge in [0.15, 0.2) is 0 Å². The maximum absolute atomic E-state index is 9.45. The Labute approximate surface area is 127 Å². The van der Waals surface area contributed by atoms with Crippen molar-refractivity contribution in [2.45, 2.75) is 45.4 Å². The first-order valence-electron chi connectivity index (χ1n) is 7.74. The third kappa shape index (κ3) is 4.40. The average molecular weight is 293 g/mol. The second kappa shape index (κ2) is 7.20. The van der Waals surface area contributed by atoms with E-state index in [0.717, 1.165) is 31.9 Å². The largest absolute Gasteiger partial charge is 0.394 e. The lowest BCUT2D eigenvalue weighted by Gasteiger charge is -2.43. The van der Waals surface area contributed by atoms with E-state index in [9.17, 15) is 5.11 Å². The van der Waals surface area contributed by atoms with Crippen LogP contribution >= 0.6 is 0 Å². The number of aliphatic hydroxyl groups excluding tert-OH is 1. The highest BCUT2D eigenvalue weighted by Gasteiger charge is 2.34. The Kier molecular flexibility index (Phi) is 5.56. The van der Waals surface area contributed by atoms with E-state index in [1.165, 1.54) is 5.56 Å². The number of aromatic nitrogens is 1. The minimum absolute atomic E-state index is 0.0379. The lowest BCUT2D eigenvalue weighted by Crippen LogP contribution is -2.54. The molecule has 1 aliphatic heterocycles. The Balaban J connectivity index is 2.16. The van der Waals surface area contributed by atoms with E-state index in [2.05, 4.69) is 42.0 Å². The number of nitrogens with one attached hydrogen (secondary N) is 1. The van der Waals surface area contributed by atoms with Gasteiger partial charge >= 0.3 is 0 Å². The molecule has 2 N–H and O–H groups in total. The van der Waals surface area contributed by atoms with E-state index in [-0.39, 0.29) is 18.3 Å². The molecule has 1 fully saturated rings. The summed E-state index contributed by atoms with van der Waals surface area (Å²) < 4.78 is 5.88. The second-order valence-corrected chi connectivity index (χ2v) is 6.23. The molecular formula is C16H27N3O2. The monoisotopic (exact) mass is 293 g/mol. The van der Waals surface area contributed by atoms with Crippen LogP contribution in [-0.4, -0.2) is 48.0 Å². The molecule has 1 aromatic rings. The zero-order valence-electron chi connectivity index (χ0n) is 13.3. The topological polar surface area (TPSA) is 57.6 Å². The molecular weight excluding hydrogens is 266 g/mol. The van der Waals surface area contributed by atoms with Crippen LogP contribution in [0.1, 0.15) is 32.8 Å². The quantitative estimate of drug-likeness (QED) is 0.780. The summed E-state index contributed by atoms with van der Waals surface area (Å²) in [6.45, 7) is 9.59. The van der Waals surface area contributed by atoms with Crippen LogP contribution in [0.2, 0.25) is 0 Å².